The fourth-order valence-electron chi connectivity index (χ4n) is 2.48. The van der Waals surface area contributed by atoms with Crippen LogP contribution in [0.2, 0.25) is 0 Å². The van der Waals surface area contributed by atoms with Gasteiger partial charge in [0.2, 0.25) is 11.8 Å². The van der Waals surface area contributed by atoms with E-state index >= 15 is 0 Å². The van der Waals surface area contributed by atoms with Gasteiger partial charge in [-0.2, -0.15) is 0 Å². The van der Waals surface area contributed by atoms with E-state index < -0.39 is 0 Å². The van der Waals surface area contributed by atoms with Gasteiger partial charge in [-0.3, -0.25) is 9.59 Å². The quantitative estimate of drug-likeness (QED) is 0.467. The minimum absolute atomic E-state index is 0.115. The number of aromatic amines is 1. The minimum Gasteiger partial charge on any atom is -0.333 e. The summed E-state index contributed by atoms with van der Waals surface area (Å²) in [6.07, 6.45) is 0. The highest BCUT2D eigenvalue weighted by Gasteiger charge is 2.10. The lowest BCUT2D eigenvalue weighted by Crippen LogP contribution is -2.18. The second-order valence-corrected chi connectivity index (χ2v) is 9.24. The smallest absolute Gasteiger partial charge is 0.236 e. The van der Waals surface area contributed by atoms with Gasteiger partial charge in [0.1, 0.15) is 11.6 Å². The number of H-pyrrole nitrogens is 1. The first-order chi connectivity index (χ1) is 13.9. The summed E-state index contributed by atoms with van der Waals surface area (Å²) in [5.41, 5.74) is 2.98. The molecule has 0 spiro atoms. The summed E-state index contributed by atoms with van der Waals surface area (Å²) in [5.74, 6) is 1.06. The summed E-state index contributed by atoms with van der Waals surface area (Å²) < 4.78 is 0. The summed E-state index contributed by atoms with van der Waals surface area (Å²) >= 11 is 2.88. The van der Waals surface area contributed by atoms with Crippen molar-refractivity contribution in [2.75, 3.05) is 22.1 Å². The number of aryl methyl sites for hydroxylation is 1. The zero-order chi connectivity index (χ0) is 20.8. The summed E-state index contributed by atoms with van der Waals surface area (Å²) in [6, 6.07) is 11.1. The van der Waals surface area contributed by atoms with Crippen LogP contribution < -0.4 is 10.6 Å². The standard InChI is InChI=1S/C20H23N5O2S2/c1-12(2)28-10-18(26)24-16-5-4-6-17(23-16)25-19(27)11-29-20-21-14-8-7-13(3)9-15(14)22-20/h4-9,12H,10-11H2,1-3H3,(H,21,22)(H2,23,24,25,26,27). The monoisotopic (exact) mass is 429 g/mol. The topological polar surface area (TPSA) is 99.8 Å². The number of rotatable bonds is 8. The molecule has 9 heteroatoms. The number of hydrogen-bond donors (Lipinski definition) is 3. The summed E-state index contributed by atoms with van der Waals surface area (Å²) in [6.45, 7) is 6.10. The first kappa shape index (κ1) is 21.2. The van der Waals surface area contributed by atoms with Crippen molar-refractivity contribution in [3.63, 3.8) is 0 Å². The molecule has 0 aliphatic rings. The number of hydrogen-bond acceptors (Lipinski definition) is 6. The van der Waals surface area contributed by atoms with Gasteiger partial charge in [-0.25, -0.2) is 9.97 Å². The molecule has 0 saturated heterocycles. The number of carbonyl (C=O) groups excluding carboxylic acids is 2. The fourth-order valence-corrected chi connectivity index (χ4v) is 3.72. The van der Waals surface area contributed by atoms with Crippen molar-refractivity contribution in [3.8, 4) is 0 Å². The number of nitrogens with one attached hydrogen (secondary N) is 3. The zero-order valence-corrected chi connectivity index (χ0v) is 18.1. The molecule has 2 heterocycles. The molecule has 0 fully saturated rings. The van der Waals surface area contributed by atoms with Crippen molar-refractivity contribution in [2.24, 2.45) is 0 Å². The maximum atomic E-state index is 12.3. The molecule has 0 radical (unpaired) electrons. The molecular weight excluding hydrogens is 406 g/mol. The van der Waals surface area contributed by atoms with Crippen molar-refractivity contribution in [1.29, 1.82) is 0 Å². The molecule has 152 valence electrons. The van der Waals surface area contributed by atoms with Gasteiger partial charge in [0, 0.05) is 0 Å². The molecule has 3 aromatic rings. The number of fused-ring (bicyclic) bond motifs is 1. The van der Waals surface area contributed by atoms with Crippen molar-refractivity contribution in [1.82, 2.24) is 15.0 Å². The van der Waals surface area contributed by atoms with E-state index in [1.54, 1.807) is 30.0 Å². The third-order valence-corrected chi connectivity index (χ3v) is 5.76. The van der Waals surface area contributed by atoms with E-state index in [9.17, 15) is 9.59 Å². The molecule has 0 bridgehead atoms. The van der Waals surface area contributed by atoms with Crippen LogP contribution in [0.5, 0.6) is 0 Å². The number of carbonyl (C=O) groups is 2. The average molecular weight is 430 g/mol. The Morgan fingerprint density at radius 3 is 2.41 bits per heavy atom. The first-order valence-corrected chi connectivity index (χ1v) is 11.2. The Bertz CT molecular complexity index is 1020. The highest BCUT2D eigenvalue weighted by Crippen LogP contribution is 2.20. The lowest BCUT2D eigenvalue weighted by Gasteiger charge is -2.08. The maximum Gasteiger partial charge on any atom is 0.236 e. The average Bonchev–Trinajstić information content (AvgIpc) is 3.07. The molecule has 3 rings (SSSR count). The second kappa shape index (κ2) is 9.80. The van der Waals surface area contributed by atoms with Gasteiger partial charge in [0.25, 0.3) is 0 Å². The van der Waals surface area contributed by atoms with Crippen LogP contribution in [0.25, 0.3) is 11.0 Å². The van der Waals surface area contributed by atoms with E-state index in [1.807, 2.05) is 39.0 Å². The third kappa shape index (κ3) is 6.50. The number of anilines is 2. The van der Waals surface area contributed by atoms with Gasteiger partial charge in [0.15, 0.2) is 5.16 Å². The van der Waals surface area contributed by atoms with Crippen LogP contribution in [-0.4, -0.2) is 43.5 Å². The number of imidazole rings is 1. The molecule has 0 unspecified atom stereocenters. The Kier molecular flexibility index (Phi) is 7.16. The van der Waals surface area contributed by atoms with Crippen LogP contribution in [0.1, 0.15) is 19.4 Å². The molecule has 29 heavy (non-hydrogen) atoms. The number of amides is 2. The molecule has 0 saturated carbocycles. The Morgan fingerprint density at radius 2 is 1.72 bits per heavy atom. The van der Waals surface area contributed by atoms with E-state index in [1.165, 1.54) is 11.8 Å². The molecule has 0 aliphatic heterocycles. The minimum atomic E-state index is -0.196. The second-order valence-electron chi connectivity index (χ2n) is 6.72. The summed E-state index contributed by atoms with van der Waals surface area (Å²) in [7, 11) is 0. The predicted octanol–water partition coefficient (Wildman–Crippen LogP) is 4.08. The molecule has 2 amide bonds. The van der Waals surface area contributed by atoms with Crippen LogP contribution >= 0.6 is 23.5 Å². The number of pyridine rings is 1. The Labute approximate surface area is 177 Å². The molecule has 3 N–H and O–H groups in total. The fraction of sp³-hybridized carbons (Fsp3) is 0.300. The van der Waals surface area contributed by atoms with Crippen LogP contribution in [0.3, 0.4) is 0 Å². The highest BCUT2D eigenvalue weighted by molar-refractivity contribution is 8.00. The van der Waals surface area contributed by atoms with Crippen molar-refractivity contribution >= 4 is 58.0 Å². The third-order valence-electron chi connectivity index (χ3n) is 3.79. The van der Waals surface area contributed by atoms with E-state index in [4.69, 9.17) is 0 Å². The normalized spacial score (nSPS) is 11.0. The summed E-state index contributed by atoms with van der Waals surface area (Å²) in [4.78, 5) is 36.2. The van der Waals surface area contributed by atoms with Gasteiger partial charge < -0.3 is 15.6 Å². The Balaban J connectivity index is 1.52. The van der Waals surface area contributed by atoms with E-state index in [0.29, 0.717) is 27.8 Å². The molecule has 0 aliphatic carbocycles. The maximum absolute atomic E-state index is 12.3. The zero-order valence-electron chi connectivity index (χ0n) is 16.5. The number of nitrogens with zero attached hydrogens (tertiary/aromatic N) is 2. The molecular formula is C20H23N5O2S2. The molecule has 2 aromatic heterocycles. The lowest BCUT2D eigenvalue weighted by molar-refractivity contribution is -0.114. The van der Waals surface area contributed by atoms with E-state index in [0.717, 1.165) is 16.6 Å². The van der Waals surface area contributed by atoms with Gasteiger partial charge >= 0.3 is 0 Å². The van der Waals surface area contributed by atoms with Gasteiger partial charge in [0.05, 0.1) is 22.5 Å². The molecule has 7 nitrogen and oxygen atoms in total. The van der Waals surface area contributed by atoms with Crippen LogP contribution in [-0.2, 0) is 9.59 Å². The van der Waals surface area contributed by atoms with Gasteiger partial charge in [-0.1, -0.05) is 37.7 Å². The van der Waals surface area contributed by atoms with Crippen LogP contribution in [0.15, 0.2) is 41.6 Å². The van der Waals surface area contributed by atoms with Crippen molar-refractivity contribution in [3.05, 3.63) is 42.0 Å². The first-order valence-electron chi connectivity index (χ1n) is 9.16. The van der Waals surface area contributed by atoms with Crippen molar-refractivity contribution < 1.29 is 9.59 Å². The number of thioether (sulfide) groups is 2. The van der Waals surface area contributed by atoms with E-state index in [-0.39, 0.29) is 17.6 Å². The lowest BCUT2D eigenvalue weighted by atomic mass is 10.2. The SMILES string of the molecule is Cc1ccc2nc(SCC(=O)Nc3cccc(NC(=O)CSC(C)C)n3)[nH]c2c1. The molecule has 1 aromatic carbocycles. The van der Waals surface area contributed by atoms with Gasteiger partial charge in [-0.05, 0) is 42.0 Å². The molecule has 0 atom stereocenters. The Hall–Kier alpha value is -2.52. The van der Waals surface area contributed by atoms with Gasteiger partial charge in [-0.15, -0.1) is 11.8 Å². The van der Waals surface area contributed by atoms with Crippen LogP contribution in [0, 0.1) is 6.92 Å². The highest BCUT2D eigenvalue weighted by atomic mass is 32.2. The largest absolute Gasteiger partial charge is 0.333 e. The number of benzene rings is 1. The van der Waals surface area contributed by atoms with Crippen molar-refractivity contribution in [2.45, 2.75) is 31.2 Å². The summed E-state index contributed by atoms with van der Waals surface area (Å²) in [5, 5.41) is 6.57. The van der Waals surface area contributed by atoms with E-state index in [2.05, 4.69) is 25.6 Å². The number of aromatic nitrogens is 3. The Morgan fingerprint density at radius 1 is 1.03 bits per heavy atom. The predicted molar refractivity (Wildman–Crippen MR) is 121 cm³/mol. The van der Waals surface area contributed by atoms with Crippen LogP contribution in [0.4, 0.5) is 11.6 Å².